The number of hydrogen-bond donors (Lipinski definition) is 2. The van der Waals surface area contributed by atoms with Gasteiger partial charge in [-0.3, -0.25) is 0 Å². The van der Waals surface area contributed by atoms with Gasteiger partial charge in [0.05, 0.1) is 6.54 Å². The van der Waals surface area contributed by atoms with Crippen molar-refractivity contribution in [2.24, 2.45) is 11.3 Å². The van der Waals surface area contributed by atoms with Crippen LogP contribution < -0.4 is 10.0 Å². The van der Waals surface area contributed by atoms with Crippen LogP contribution in [0.4, 0.5) is 0 Å². The summed E-state index contributed by atoms with van der Waals surface area (Å²) >= 11 is 0. The minimum absolute atomic E-state index is 0.0457. The Kier molecular flexibility index (Phi) is 5.18. The third-order valence-electron chi connectivity index (χ3n) is 3.40. The van der Waals surface area contributed by atoms with Crippen LogP contribution in [0, 0.1) is 11.3 Å². The zero-order valence-corrected chi connectivity index (χ0v) is 13.1. The molecule has 1 aromatic rings. The fourth-order valence-electron chi connectivity index (χ4n) is 1.42. The molecule has 5 nitrogen and oxygen atoms in total. The maximum atomic E-state index is 11.5. The first kappa shape index (κ1) is 16.2. The molecule has 19 heavy (non-hydrogen) atoms. The molecule has 1 heterocycles. The van der Waals surface area contributed by atoms with Gasteiger partial charge in [-0.1, -0.05) is 27.7 Å². The summed E-state index contributed by atoms with van der Waals surface area (Å²) in [7, 11) is -2.12. The third kappa shape index (κ3) is 4.63. The van der Waals surface area contributed by atoms with Gasteiger partial charge in [-0.05, 0) is 37.1 Å². The summed E-state index contributed by atoms with van der Waals surface area (Å²) in [6.45, 7) is 10.2. The molecular formula is C13H24N2O3S. The van der Waals surface area contributed by atoms with Crippen molar-refractivity contribution in [2.45, 2.75) is 39.3 Å². The summed E-state index contributed by atoms with van der Waals surface area (Å²) in [5, 5.41) is 3.24. The standard InChI is InChI=1S/C13H24N2O3S/c1-10(13(2,3)4)8-15-9-11-6-7-12(18-11)19(16,17)14-5/h6-7,10,14-15H,8-9H2,1-5H3. The van der Waals surface area contributed by atoms with E-state index in [4.69, 9.17) is 4.42 Å². The van der Waals surface area contributed by atoms with Crippen molar-refractivity contribution in [1.82, 2.24) is 10.0 Å². The summed E-state index contributed by atoms with van der Waals surface area (Å²) < 4.78 is 30.5. The van der Waals surface area contributed by atoms with Crippen LogP contribution >= 0.6 is 0 Å². The predicted molar refractivity (Wildman–Crippen MR) is 75.3 cm³/mol. The maximum Gasteiger partial charge on any atom is 0.273 e. The van der Waals surface area contributed by atoms with Gasteiger partial charge in [-0.15, -0.1) is 0 Å². The summed E-state index contributed by atoms with van der Waals surface area (Å²) in [4.78, 5) is 0. The molecule has 1 unspecified atom stereocenters. The van der Waals surface area contributed by atoms with Crippen LogP contribution in [0.5, 0.6) is 0 Å². The Labute approximate surface area is 115 Å². The molecular weight excluding hydrogens is 264 g/mol. The van der Waals surface area contributed by atoms with E-state index >= 15 is 0 Å². The lowest BCUT2D eigenvalue weighted by molar-refractivity contribution is 0.249. The Bertz CT molecular complexity index is 500. The average molecular weight is 288 g/mol. The second kappa shape index (κ2) is 6.07. The monoisotopic (exact) mass is 288 g/mol. The molecule has 0 bridgehead atoms. The number of hydrogen-bond acceptors (Lipinski definition) is 4. The Morgan fingerprint density at radius 2 is 1.95 bits per heavy atom. The highest BCUT2D eigenvalue weighted by Gasteiger charge is 2.20. The van der Waals surface area contributed by atoms with Crippen LogP contribution in [-0.4, -0.2) is 22.0 Å². The summed E-state index contributed by atoms with van der Waals surface area (Å²) in [5.74, 6) is 1.14. The van der Waals surface area contributed by atoms with Gasteiger partial charge in [-0.25, -0.2) is 13.1 Å². The first-order valence-corrected chi connectivity index (χ1v) is 7.88. The summed E-state index contributed by atoms with van der Waals surface area (Å²) in [6, 6.07) is 3.15. The Morgan fingerprint density at radius 1 is 1.32 bits per heavy atom. The zero-order valence-electron chi connectivity index (χ0n) is 12.3. The van der Waals surface area contributed by atoms with Crippen LogP contribution in [0.3, 0.4) is 0 Å². The van der Waals surface area contributed by atoms with E-state index in [1.807, 2.05) is 0 Å². The van der Waals surface area contributed by atoms with Crippen molar-refractivity contribution in [2.75, 3.05) is 13.6 Å². The first-order valence-electron chi connectivity index (χ1n) is 6.40. The Morgan fingerprint density at radius 3 is 2.47 bits per heavy atom. The SMILES string of the molecule is CNS(=O)(=O)c1ccc(CNCC(C)C(C)(C)C)o1. The molecule has 0 aliphatic rings. The summed E-state index contributed by atoms with van der Waals surface area (Å²) in [6.07, 6.45) is 0. The molecule has 0 radical (unpaired) electrons. The van der Waals surface area contributed by atoms with E-state index in [2.05, 4.69) is 37.7 Å². The highest BCUT2D eigenvalue weighted by molar-refractivity contribution is 7.89. The Hall–Kier alpha value is -0.850. The molecule has 0 amide bonds. The van der Waals surface area contributed by atoms with Gasteiger partial charge in [0.15, 0.2) is 0 Å². The molecule has 1 rings (SSSR count). The Balaban J connectivity index is 2.52. The average Bonchev–Trinajstić information content (AvgIpc) is 2.77. The van der Waals surface area contributed by atoms with Crippen LogP contribution in [0.25, 0.3) is 0 Å². The van der Waals surface area contributed by atoms with Crippen molar-refractivity contribution in [3.63, 3.8) is 0 Å². The first-order chi connectivity index (χ1) is 8.66. The molecule has 110 valence electrons. The van der Waals surface area contributed by atoms with E-state index in [1.54, 1.807) is 6.07 Å². The van der Waals surface area contributed by atoms with Crippen LogP contribution in [0.15, 0.2) is 21.6 Å². The van der Waals surface area contributed by atoms with Gasteiger partial charge in [0.2, 0.25) is 5.09 Å². The molecule has 2 N–H and O–H groups in total. The van der Waals surface area contributed by atoms with E-state index in [1.165, 1.54) is 13.1 Å². The molecule has 1 aromatic heterocycles. The molecule has 6 heteroatoms. The van der Waals surface area contributed by atoms with Gasteiger partial charge >= 0.3 is 0 Å². The van der Waals surface area contributed by atoms with Crippen molar-refractivity contribution < 1.29 is 12.8 Å². The molecule has 0 fully saturated rings. The van der Waals surface area contributed by atoms with Gasteiger partial charge in [0.25, 0.3) is 10.0 Å². The van der Waals surface area contributed by atoms with E-state index in [0.717, 1.165) is 6.54 Å². The van der Waals surface area contributed by atoms with Crippen molar-refractivity contribution >= 4 is 10.0 Å². The second-order valence-electron chi connectivity index (χ2n) is 5.83. The van der Waals surface area contributed by atoms with E-state index in [0.29, 0.717) is 18.2 Å². The molecule has 0 aliphatic carbocycles. The van der Waals surface area contributed by atoms with Crippen LogP contribution in [0.1, 0.15) is 33.5 Å². The highest BCUT2D eigenvalue weighted by atomic mass is 32.2. The molecule has 0 aromatic carbocycles. The maximum absolute atomic E-state index is 11.5. The topological polar surface area (TPSA) is 71.3 Å². The minimum atomic E-state index is -3.49. The molecule has 0 saturated carbocycles. The number of rotatable bonds is 6. The number of furan rings is 1. The highest BCUT2D eigenvalue weighted by Crippen LogP contribution is 2.24. The van der Waals surface area contributed by atoms with Gasteiger partial charge < -0.3 is 9.73 Å². The lowest BCUT2D eigenvalue weighted by atomic mass is 9.82. The van der Waals surface area contributed by atoms with Gasteiger partial charge in [0.1, 0.15) is 5.76 Å². The fraction of sp³-hybridized carbons (Fsp3) is 0.692. The largest absolute Gasteiger partial charge is 0.447 e. The number of sulfonamides is 1. The van der Waals surface area contributed by atoms with Crippen molar-refractivity contribution in [3.8, 4) is 0 Å². The fourth-order valence-corrected chi connectivity index (χ4v) is 2.08. The quantitative estimate of drug-likeness (QED) is 0.839. The molecule has 0 spiro atoms. The van der Waals surface area contributed by atoms with Crippen LogP contribution in [-0.2, 0) is 16.6 Å². The minimum Gasteiger partial charge on any atom is -0.447 e. The second-order valence-corrected chi connectivity index (χ2v) is 7.64. The van der Waals surface area contributed by atoms with Gasteiger partial charge in [0, 0.05) is 0 Å². The molecule has 1 atom stereocenters. The summed E-state index contributed by atoms with van der Waals surface area (Å²) in [5.41, 5.74) is 0.247. The molecule has 0 aliphatic heterocycles. The van der Waals surface area contributed by atoms with Crippen molar-refractivity contribution in [3.05, 3.63) is 17.9 Å². The lowest BCUT2D eigenvalue weighted by Gasteiger charge is -2.27. The predicted octanol–water partition coefficient (Wildman–Crippen LogP) is 1.96. The van der Waals surface area contributed by atoms with Crippen molar-refractivity contribution in [1.29, 1.82) is 0 Å². The zero-order chi connectivity index (χ0) is 14.7. The van der Waals surface area contributed by atoms with Crippen LogP contribution in [0.2, 0.25) is 0 Å². The normalized spacial score (nSPS) is 14.6. The van der Waals surface area contributed by atoms with E-state index in [-0.39, 0.29) is 10.5 Å². The lowest BCUT2D eigenvalue weighted by Crippen LogP contribution is -2.29. The van der Waals surface area contributed by atoms with E-state index in [9.17, 15) is 8.42 Å². The smallest absolute Gasteiger partial charge is 0.273 e. The van der Waals surface area contributed by atoms with Gasteiger partial charge in [-0.2, -0.15) is 0 Å². The molecule has 0 saturated heterocycles. The number of nitrogens with one attached hydrogen (secondary N) is 2. The van der Waals surface area contributed by atoms with E-state index < -0.39 is 10.0 Å². The third-order valence-corrected chi connectivity index (χ3v) is 4.69.